The lowest BCUT2D eigenvalue weighted by atomic mass is 9.70. The zero-order valence-corrected chi connectivity index (χ0v) is 15.8. The van der Waals surface area contributed by atoms with Crippen LogP contribution in [0.25, 0.3) is 0 Å². The Hall–Kier alpha value is -1.30. The van der Waals surface area contributed by atoms with Crippen molar-refractivity contribution in [3.8, 4) is 0 Å². The van der Waals surface area contributed by atoms with Crippen LogP contribution in [-0.2, 0) is 9.53 Å². The van der Waals surface area contributed by atoms with Crippen LogP contribution in [0.1, 0.15) is 25.7 Å². The van der Waals surface area contributed by atoms with E-state index in [0.717, 1.165) is 43.8 Å². The van der Waals surface area contributed by atoms with E-state index >= 15 is 0 Å². The van der Waals surface area contributed by atoms with E-state index in [1.165, 1.54) is 5.69 Å². The number of hydrogen-bond acceptors (Lipinski definition) is 4. The predicted molar refractivity (Wildman–Crippen MR) is 101 cm³/mol. The van der Waals surface area contributed by atoms with Crippen LogP contribution < -0.4 is 10.6 Å². The minimum atomic E-state index is -0.279. The predicted octanol–water partition coefficient (Wildman–Crippen LogP) is 2.52. The molecule has 25 heavy (non-hydrogen) atoms. The highest BCUT2D eigenvalue weighted by molar-refractivity contribution is 6.30. The van der Waals surface area contributed by atoms with Crippen LogP contribution in [0, 0.1) is 5.92 Å². The normalized spacial score (nSPS) is 27.0. The molecule has 3 rings (SSSR count). The van der Waals surface area contributed by atoms with Gasteiger partial charge in [-0.2, -0.15) is 0 Å². The number of nitrogens with zero attached hydrogens (tertiary/aromatic N) is 2. The standard InChI is InChI=1S/C19H28ClN3O2/c1-22(18(24)14-11-19(12-14,13-21)25-2)16-7-9-23(10-8-16)17-5-3-15(20)4-6-17/h3-6,14,16H,7-13,21H2,1-2H3. The van der Waals surface area contributed by atoms with E-state index in [0.29, 0.717) is 12.6 Å². The van der Waals surface area contributed by atoms with Crippen LogP contribution in [0.15, 0.2) is 24.3 Å². The number of halogens is 1. The highest BCUT2D eigenvalue weighted by atomic mass is 35.5. The maximum Gasteiger partial charge on any atom is 0.225 e. The van der Waals surface area contributed by atoms with E-state index in [9.17, 15) is 4.79 Å². The number of nitrogens with two attached hydrogens (primary N) is 1. The Bertz CT molecular complexity index is 587. The maximum absolute atomic E-state index is 12.7. The molecule has 1 heterocycles. The third kappa shape index (κ3) is 3.78. The van der Waals surface area contributed by atoms with Gasteiger partial charge in [-0.25, -0.2) is 0 Å². The molecule has 5 nitrogen and oxygen atoms in total. The van der Waals surface area contributed by atoms with Gasteiger partial charge in [-0.3, -0.25) is 4.79 Å². The molecule has 138 valence electrons. The lowest BCUT2D eigenvalue weighted by Crippen LogP contribution is -2.57. The first kappa shape index (κ1) is 18.5. The molecular weight excluding hydrogens is 338 g/mol. The number of ether oxygens (including phenoxy) is 1. The third-order valence-electron chi connectivity index (χ3n) is 5.94. The zero-order chi connectivity index (χ0) is 18.0. The highest BCUT2D eigenvalue weighted by Crippen LogP contribution is 2.41. The number of carbonyl (C=O) groups is 1. The number of anilines is 1. The fourth-order valence-electron chi connectivity index (χ4n) is 4.06. The molecule has 2 aliphatic rings. The summed E-state index contributed by atoms with van der Waals surface area (Å²) in [6, 6.07) is 8.28. The molecule has 0 atom stereocenters. The first-order valence-electron chi connectivity index (χ1n) is 9.00. The Balaban J connectivity index is 1.51. The Morgan fingerprint density at radius 2 is 1.92 bits per heavy atom. The number of piperidine rings is 1. The summed E-state index contributed by atoms with van der Waals surface area (Å²) in [7, 11) is 3.63. The largest absolute Gasteiger partial charge is 0.377 e. The maximum atomic E-state index is 12.7. The lowest BCUT2D eigenvalue weighted by Gasteiger charge is -2.47. The van der Waals surface area contributed by atoms with E-state index < -0.39 is 0 Å². The average Bonchev–Trinajstić information content (AvgIpc) is 2.62. The number of rotatable bonds is 5. The summed E-state index contributed by atoms with van der Waals surface area (Å²) in [5, 5.41) is 0.758. The molecule has 0 bridgehead atoms. The fraction of sp³-hybridized carbons (Fsp3) is 0.632. The fourth-order valence-corrected chi connectivity index (χ4v) is 4.19. The third-order valence-corrected chi connectivity index (χ3v) is 6.19. The van der Waals surface area contributed by atoms with Gasteiger partial charge < -0.3 is 20.3 Å². The molecule has 0 aromatic heterocycles. The Kier molecular flexibility index (Phi) is 5.56. The monoisotopic (exact) mass is 365 g/mol. The molecule has 6 heteroatoms. The molecule has 1 amide bonds. The summed E-state index contributed by atoms with van der Waals surface area (Å²) in [5.74, 6) is 0.300. The van der Waals surface area contributed by atoms with Crippen molar-refractivity contribution in [2.75, 3.05) is 38.7 Å². The molecule has 1 aromatic rings. The second-order valence-electron chi connectivity index (χ2n) is 7.34. The van der Waals surface area contributed by atoms with Crippen molar-refractivity contribution in [1.29, 1.82) is 0 Å². The van der Waals surface area contributed by atoms with Gasteiger partial charge in [-0.15, -0.1) is 0 Å². The van der Waals surface area contributed by atoms with Crippen molar-refractivity contribution >= 4 is 23.2 Å². The van der Waals surface area contributed by atoms with Gasteiger partial charge in [-0.1, -0.05) is 11.6 Å². The summed E-state index contributed by atoms with van der Waals surface area (Å²) in [5.41, 5.74) is 6.70. The van der Waals surface area contributed by atoms with Gasteiger partial charge in [0.25, 0.3) is 0 Å². The molecular formula is C19H28ClN3O2. The van der Waals surface area contributed by atoms with Crippen LogP contribution in [-0.4, -0.2) is 56.2 Å². The number of methoxy groups -OCH3 is 1. The van der Waals surface area contributed by atoms with Gasteiger partial charge in [-0.05, 0) is 49.9 Å². The summed E-state index contributed by atoms with van der Waals surface area (Å²) in [4.78, 5) is 17.1. The Morgan fingerprint density at radius 1 is 1.32 bits per heavy atom. The minimum Gasteiger partial charge on any atom is -0.377 e. The molecule has 1 aliphatic heterocycles. The number of benzene rings is 1. The van der Waals surface area contributed by atoms with Crippen molar-refractivity contribution in [3.63, 3.8) is 0 Å². The van der Waals surface area contributed by atoms with Crippen molar-refractivity contribution in [3.05, 3.63) is 29.3 Å². The lowest BCUT2D eigenvalue weighted by molar-refractivity contribution is -0.156. The summed E-state index contributed by atoms with van der Waals surface area (Å²) >= 11 is 5.96. The second-order valence-corrected chi connectivity index (χ2v) is 7.78. The molecule has 1 aliphatic carbocycles. The molecule has 1 aromatic carbocycles. The SMILES string of the molecule is COC1(CN)CC(C(=O)N(C)C2CCN(c3ccc(Cl)cc3)CC2)C1. The van der Waals surface area contributed by atoms with E-state index in [1.54, 1.807) is 7.11 Å². The topological polar surface area (TPSA) is 58.8 Å². The van der Waals surface area contributed by atoms with Crippen LogP contribution >= 0.6 is 11.6 Å². The molecule has 0 radical (unpaired) electrons. The van der Waals surface area contributed by atoms with Crippen LogP contribution in [0.2, 0.25) is 5.02 Å². The van der Waals surface area contributed by atoms with Crippen molar-refractivity contribution < 1.29 is 9.53 Å². The Labute approximate surface area is 155 Å². The van der Waals surface area contributed by atoms with Crippen molar-refractivity contribution in [2.24, 2.45) is 11.7 Å². The number of hydrogen-bond donors (Lipinski definition) is 1. The van der Waals surface area contributed by atoms with E-state index in [1.807, 2.05) is 24.1 Å². The van der Waals surface area contributed by atoms with E-state index in [2.05, 4.69) is 17.0 Å². The second kappa shape index (κ2) is 7.52. The summed E-state index contributed by atoms with van der Waals surface area (Å²) in [6.07, 6.45) is 3.47. The van der Waals surface area contributed by atoms with Gasteiger partial charge in [0.1, 0.15) is 0 Å². The molecule has 1 saturated carbocycles. The molecule has 1 saturated heterocycles. The molecule has 2 N–H and O–H groups in total. The smallest absolute Gasteiger partial charge is 0.225 e. The molecule has 0 spiro atoms. The summed E-state index contributed by atoms with van der Waals surface area (Å²) in [6.45, 7) is 2.40. The first-order chi connectivity index (χ1) is 12.0. The van der Waals surface area contributed by atoms with Crippen LogP contribution in [0.5, 0.6) is 0 Å². The van der Waals surface area contributed by atoms with Gasteiger partial charge in [0, 0.05) is 56.5 Å². The van der Waals surface area contributed by atoms with E-state index in [-0.39, 0.29) is 17.4 Å². The van der Waals surface area contributed by atoms with Crippen LogP contribution in [0.3, 0.4) is 0 Å². The summed E-state index contributed by atoms with van der Waals surface area (Å²) < 4.78 is 5.49. The van der Waals surface area contributed by atoms with Gasteiger partial charge in [0.2, 0.25) is 5.91 Å². The van der Waals surface area contributed by atoms with E-state index in [4.69, 9.17) is 22.1 Å². The quantitative estimate of drug-likeness (QED) is 0.871. The van der Waals surface area contributed by atoms with Crippen molar-refractivity contribution in [2.45, 2.75) is 37.3 Å². The van der Waals surface area contributed by atoms with Gasteiger partial charge in [0.15, 0.2) is 0 Å². The number of amides is 1. The van der Waals surface area contributed by atoms with Gasteiger partial charge in [0.05, 0.1) is 5.60 Å². The zero-order valence-electron chi connectivity index (χ0n) is 15.1. The Morgan fingerprint density at radius 3 is 2.44 bits per heavy atom. The van der Waals surface area contributed by atoms with Crippen molar-refractivity contribution in [1.82, 2.24) is 4.90 Å². The molecule has 2 fully saturated rings. The molecule has 0 unspecified atom stereocenters. The number of carbonyl (C=O) groups excluding carboxylic acids is 1. The van der Waals surface area contributed by atoms with Gasteiger partial charge >= 0.3 is 0 Å². The minimum absolute atomic E-state index is 0.0581. The highest BCUT2D eigenvalue weighted by Gasteiger charge is 2.48. The van der Waals surface area contributed by atoms with Crippen LogP contribution in [0.4, 0.5) is 5.69 Å². The first-order valence-corrected chi connectivity index (χ1v) is 9.38. The average molecular weight is 366 g/mol.